The molecule has 1 N–H and O–H groups in total. The number of fused-ring (bicyclic) bond motifs is 1. The third-order valence-electron chi connectivity index (χ3n) is 8.78. The van der Waals surface area contributed by atoms with Crippen molar-refractivity contribution in [3.63, 3.8) is 0 Å². The van der Waals surface area contributed by atoms with Crippen molar-refractivity contribution in [3.8, 4) is 0 Å². The van der Waals surface area contributed by atoms with Crippen LogP contribution >= 0.6 is 0 Å². The summed E-state index contributed by atoms with van der Waals surface area (Å²) in [6, 6.07) is 8.83. The van der Waals surface area contributed by atoms with Crippen molar-refractivity contribution < 1.29 is 29.0 Å². The van der Waals surface area contributed by atoms with Crippen molar-refractivity contribution in [2.45, 2.75) is 69.7 Å². The molecule has 8 nitrogen and oxygen atoms in total. The number of hydrogen-bond acceptors (Lipinski definition) is 6. The second-order valence-corrected chi connectivity index (χ2v) is 11.3. The standard InChI is InChI=1S/C31H42N2O6/c1-5-7-13-19-38-29(37)25-24-27(35)33(17-11-12-18-34)26(31(24)20-22(3)30(25,4)39-31)28(36)32(16-6-2)21-23-14-9-8-10-15-23/h5-6,8-10,14-15,22,24-26,34H,1-2,7,11-13,16-21H2,3-4H3/t22?,24-,25+,26?,30-,31?/m0/s1. The van der Waals surface area contributed by atoms with Crippen molar-refractivity contribution in [2.24, 2.45) is 17.8 Å². The maximum atomic E-state index is 14.4. The van der Waals surface area contributed by atoms with Crippen LogP contribution in [0.4, 0.5) is 0 Å². The number of rotatable bonds is 14. The number of aliphatic hydroxyl groups is 1. The Hall–Kier alpha value is -2.97. The maximum absolute atomic E-state index is 14.4. The van der Waals surface area contributed by atoms with E-state index in [0.29, 0.717) is 45.3 Å². The molecule has 0 radical (unpaired) electrons. The lowest BCUT2D eigenvalue weighted by atomic mass is 9.62. The first-order chi connectivity index (χ1) is 18.7. The fourth-order valence-corrected chi connectivity index (χ4v) is 6.87. The number of unbranched alkanes of at least 4 members (excludes halogenated alkanes) is 2. The van der Waals surface area contributed by atoms with E-state index in [1.165, 1.54) is 0 Å². The van der Waals surface area contributed by atoms with Gasteiger partial charge in [-0.1, -0.05) is 49.4 Å². The van der Waals surface area contributed by atoms with E-state index in [0.717, 1.165) is 12.0 Å². The smallest absolute Gasteiger partial charge is 0.312 e. The SMILES string of the molecule is C=CCCCOC(=O)[C@H]1[C@H]2C(=O)N(CCCCO)C(C(=O)N(CC=C)Cc3ccccc3)C23CC(C)[C@]1(C)O3. The van der Waals surface area contributed by atoms with Gasteiger partial charge in [0.2, 0.25) is 11.8 Å². The number of benzene rings is 1. The molecule has 0 aromatic heterocycles. The van der Waals surface area contributed by atoms with Gasteiger partial charge in [-0.15, -0.1) is 13.2 Å². The third kappa shape index (κ3) is 5.16. The Bertz CT molecular complexity index is 1080. The van der Waals surface area contributed by atoms with E-state index < -0.39 is 35.0 Å². The summed E-state index contributed by atoms with van der Waals surface area (Å²) in [7, 11) is 0. The van der Waals surface area contributed by atoms with E-state index in [-0.39, 0.29) is 30.9 Å². The fourth-order valence-electron chi connectivity index (χ4n) is 6.87. The highest BCUT2D eigenvalue weighted by Gasteiger charge is 2.80. The predicted molar refractivity (Wildman–Crippen MR) is 147 cm³/mol. The molecule has 6 atom stereocenters. The second kappa shape index (κ2) is 12.0. The highest BCUT2D eigenvalue weighted by atomic mass is 16.6. The molecule has 3 heterocycles. The molecule has 3 aliphatic rings. The lowest BCUT2D eigenvalue weighted by Crippen LogP contribution is -2.56. The van der Waals surface area contributed by atoms with Gasteiger partial charge in [0.1, 0.15) is 17.6 Å². The van der Waals surface area contributed by atoms with Crippen molar-refractivity contribution in [3.05, 3.63) is 61.2 Å². The topological polar surface area (TPSA) is 96.4 Å². The molecule has 4 rings (SSSR count). The van der Waals surface area contributed by atoms with Crippen molar-refractivity contribution in [1.29, 1.82) is 0 Å². The zero-order chi connectivity index (χ0) is 28.2. The number of carbonyl (C=O) groups is 3. The summed E-state index contributed by atoms with van der Waals surface area (Å²) < 4.78 is 12.4. The lowest BCUT2D eigenvalue weighted by molar-refractivity contribution is -0.162. The van der Waals surface area contributed by atoms with Crippen LogP contribution in [0.25, 0.3) is 0 Å². The van der Waals surface area contributed by atoms with Gasteiger partial charge in [0.25, 0.3) is 0 Å². The van der Waals surface area contributed by atoms with Crippen LogP contribution < -0.4 is 0 Å². The largest absolute Gasteiger partial charge is 0.465 e. The molecule has 212 valence electrons. The van der Waals surface area contributed by atoms with Crippen molar-refractivity contribution in [1.82, 2.24) is 9.80 Å². The Balaban J connectivity index is 1.70. The van der Waals surface area contributed by atoms with Crippen LogP contribution in [-0.4, -0.2) is 76.2 Å². The minimum absolute atomic E-state index is 0.00290. The van der Waals surface area contributed by atoms with E-state index in [2.05, 4.69) is 13.2 Å². The molecule has 3 saturated heterocycles. The molecule has 2 bridgehead atoms. The van der Waals surface area contributed by atoms with Crippen LogP contribution in [0.3, 0.4) is 0 Å². The van der Waals surface area contributed by atoms with E-state index in [1.54, 1.807) is 22.0 Å². The first-order valence-electron chi connectivity index (χ1n) is 14.1. The normalized spacial score (nSPS) is 30.7. The predicted octanol–water partition coefficient (Wildman–Crippen LogP) is 3.49. The van der Waals surface area contributed by atoms with Gasteiger partial charge in [-0.2, -0.15) is 0 Å². The molecule has 1 aromatic rings. The van der Waals surface area contributed by atoms with E-state index in [9.17, 15) is 19.5 Å². The first kappa shape index (κ1) is 29.0. The quantitative estimate of drug-likeness (QED) is 0.221. The number of carbonyl (C=O) groups excluding carboxylic acids is 3. The molecular weight excluding hydrogens is 496 g/mol. The van der Waals surface area contributed by atoms with Crippen molar-refractivity contribution in [2.75, 3.05) is 26.3 Å². The van der Waals surface area contributed by atoms with Gasteiger partial charge in [-0.05, 0) is 50.5 Å². The summed E-state index contributed by atoms with van der Waals surface area (Å²) in [6.45, 7) is 12.7. The zero-order valence-corrected chi connectivity index (χ0v) is 23.2. The molecular formula is C31H42N2O6. The average molecular weight is 539 g/mol. The Morgan fingerprint density at radius 1 is 1.21 bits per heavy atom. The number of amides is 2. The Morgan fingerprint density at radius 3 is 2.62 bits per heavy atom. The number of nitrogens with zero attached hydrogens (tertiary/aromatic N) is 2. The first-order valence-corrected chi connectivity index (χ1v) is 14.1. The van der Waals surface area contributed by atoms with Gasteiger partial charge in [0.15, 0.2) is 0 Å². The molecule has 8 heteroatoms. The van der Waals surface area contributed by atoms with Crippen LogP contribution in [0.1, 0.15) is 51.5 Å². The molecule has 1 spiro atoms. The monoisotopic (exact) mass is 538 g/mol. The highest BCUT2D eigenvalue weighted by Crippen LogP contribution is 2.65. The van der Waals surface area contributed by atoms with E-state index in [4.69, 9.17) is 9.47 Å². The third-order valence-corrected chi connectivity index (χ3v) is 8.78. The van der Waals surface area contributed by atoms with Crippen LogP contribution in [0, 0.1) is 17.8 Å². The van der Waals surface area contributed by atoms with Crippen LogP contribution in [-0.2, 0) is 30.4 Å². The molecule has 3 fully saturated rings. The molecule has 0 aliphatic carbocycles. The Kier molecular flexibility index (Phi) is 8.96. The van der Waals surface area contributed by atoms with E-state index in [1.807, 2.05) is 44.2 Å². The van der Waals surface area contributed by atoms with Gasteiger partial charge in [0, 0.05) is 26.2 Å². The summed E-state index contributed by atoms with van der Waals surface area (Å²) in [6.07, 6.45) is 6.39. The van der Waals surface area contributed by atoms with Gasteiger partial charge >= 0.3 is 5.97 Å². The summed E-state index contributed by atoms with van der Waals surface area (Å²) in [4.78, 5) is 45.4. The Morgan fingerprint density at radius 2 is 1.95 bits per heavy atom. The lowest BCUT2D eigenvalue weighted by Gasteiger charge is -2.37. The minimum atomic E-state index is -1.12. The molecule has 1 aromatic carbocycles. The summed E-state index contributed by atoms with van der Waals surface area (Å²) in [5, 5.41) is 9.39. The van der Waals surface area contributed by atoms with Gasteiger partial charge in [-0.25, -0.2) is 0 Å². The fraction of sp³-hybridized carbons (Fsp3) is 0.581. The molecule has 3 aliphatic heterocycles. The number of likely N-dealkylation sites (tertiary alicyclic amines) is 1. The van der Waals surface area contributed by atoms with Gasteiger partial charge in [-0.3, -0.25) is 14.4 Å². The van der Waals surface area contributed by atoms with E-state index >= 15 is 0 Å². The highest BCUT2D eigenvalue weighted by molar-refractivity contribution is 5.98. The van der Waals surface area contributed by atoms with Crippen LogP contribution in [0.2, 0.25) is 0 Å². The van der Waals surface area contributed by atoms with Crippen molar-refractivity contribution >= 4 is 17.8 Å². The molecule has 39 heavy (non-hydrogen) atoms. The number of allylic oxidation sites excluding steroid dienone is 1. The number of ether oxygens (including phenoxy) is 2. The summed E-state index contributed by atoms with van der Waals surface area (Å²) in [5.41, 5.74) is -1.06. The molecule has 2 amide bonds. The average Bonchev–Trinajstić information content (AvgIpc) is 3.43. The second-order valence-electron chi connectivity index (χ2n) is 11.3. The summed E-state index contributed by atoms with van der Waals surface area (Å²) in [5.74, 6) is -2.54. The summed E-state index contributed by atoms with van der Waals surface area (Å²) >= 11 is 0. The van der Waals surface area contributed by atoms with Gasteiger partial charge in [0.05, 0.1) is 18.1 Å². The van der Waals surface area contributed by atoms with Crippen LogP contribution in [0.15, 0.2) is 55.6 Å². The number of esters is 1. The van der Waals surface area contributed by atoms with Gasteiger partial charge < -0.3 is 24.4 Å². The number of aliphatic hydroxyl groups excluding tert-OH is 1. The zero-order valence-electron chi connectivity index (χ0n) is 23.2. The molecule has 3 unspecified atom stereocenters. The minimum Gasteiger partial charge on any atom is -0.465 e. The molecule has 0 saturated carbocycles. The van der Waals surface area contributed by atoms with Crippen LogP contribution in [0.5, 0.6) is 0 Å². The Labute approximate surface area is 231 Å². The maximum Gasteiger partial charge on any atom is 0.312 e. The number of hydrogen-bond donors (Lipinski definition) is 1.